The second-order valence-corrected chi connectivity index (χ2v) is 4.17. The van der Waals surface area contributed by atoms with Gasteiger partial charge in [0, 0.05) is 22.9 Å². The van der Waals surface area contributed by atoms with E-state index in [0.29, 0.717) is 11.4 Å². The van der Waals surface area contributed by atoms with Crippen LogP contribution >= 0.6 is 11.8 Å². The lowest BCUT2D eigenvalue weighted by Crippen LogP contribution is -2.21. The number of nitrogens with two attached hydrogens (primary N) is 2. The molecule has 0 bridgehead atoms. The van der Waals surface area contributed by atoms with Gasteiger partial charge in [-0.25, -0.2) is 0 Å². The van der Waals surface area contributed by atoms with Crippen molar-refractivity contribution in [1.29, 1.82) is 0 Å². The number of benzene rings is 1. The van der Waals surface area contributed by atoms with Crippen molar-refractivity contribution in [3.63, 3.8) is 0 Å². The predicted octanol–water partition coefficient (Wildman–Crippen LogP) is 0.689. The summed E-state index contributed by atoms with van der Waals surface area (Å²) >= 11 is 1.47. The number of nitrogen functional groups attached to an aromatic ring is 1. The van der Waals surface area contributed by atoms with Crippen molar-refractivity contribution in [3.05, 3.63) is 18.2 Å². The number of anilines is 1. The van der Waals surface area contributed by atoms with Gasteiger partial charge < -0.3 is 21.3 Å². The first-order chi connectivity index (χ1) is 7.17. The molecule has 1 unspecified atom stereocenters. The summed E-state index contributed by atoms with van der Waals surface area (Å²) in [7, 11) is 1.61. The lowest BCUT2D eigenvalue weighted by molar-refractivity contribution is 0.208. The molecule has 0 aliphatic carbocycles. The molecule has 0 heterocycles. The second kappa shape index (κ2) is 5.85. The van der Waals surface area contributed by atoms with Crippen molar-refractivity contribution in [3.8, 4) is 5.75 Å². The Morgan fingerprint density at radius 1 is 1.53 bits per heavy atom. The summed E-state index contributed by atoms with van der Waals surface area (Å²) in [6, 6.07) is 5.44. The van der Waals surface area contributed by atoms with E-state index >= 15 is 0 Å². The van der Waals surface area contributed by atoms with Crippen molar-refractivity contribution in [2.75, 3.05) is 25.1 Å². The Morgan fingerprint density at radius 2 is 2.27 bits per heavy atom. The molecule has 1 aromatic carbocycles. The van der Waals surface area contributed by atoms with Gasteiger partial charge in [0.2, 0.25) is 0 Å². The van der Waals surface area contributed by atoms with E-state index in [0.717, 1.165) is 10.6 Å². The number of thioether (sulfide) groups is 1. The summed E-state index contributed by atoms with van der Waals surface area (Å²) in [6.45, 7) is 0.261. The average Bonchev–Trinajstić information content (AvgIpc) is 2.27. The van der Waals surface area contributed by atoms with Gasteiger partial charge in [0.1, 0.15) is 5.75 Å². The minimum atomic E-state index is -0.499. The molecule has 0 radical (unpaired) electrons. The van der Waals surface area contributed by atoms with Crippen LogP contribution in [-0.2, 0) is 0 Å². The Hall–Kier alpha value is -0.910. The Morgan fingerprint density at radius 3 is 2.87 bits per heavy atom. The molecular weight excluding hydrogens is 212 g/mol. The SMILES string of the molecule is COc1ccc(N)c(SCC(O)CN)c1. The zero-order valence-electron chi connectivity index (χ0n) is 8.64. The van der Waals surface area contributed by atoms with Crippen molar-refractivity contribution >= 4 is 17.4 Å². The lowest BCUT2D eigenvalue weighted by Gasteiger charge is -2.10. The van der Waals surface area contributed by atoms with E-state index < -0.39 is 6.10 Å². The fourth-order valence-corrected chi connectivity index (χ4v) is 1.96. The molecule has 5 N–H and O–H groups in total. The molecule has 1 atom stereocenters. The topological polar surface area (TPSA) is 81.5 Å². The Bertz CT molecular complexity index is 320. The standard InChI is InChI=1S/C10H16N2O2S/c1-14-8-2-3-9(12)10(4-8)15-6-7(13)5-11/h2-4,7,13H,5-6,11-12H2,1H3. The zero-order valence-corrected chi connectivity index (χ0v) is 9.46. The van der Waals surface area contributed by atoms with Crippen LogP contribution in [0.3, 0.4) is 0 Å². The molecule has 5 heteroatoms. The summed E-state index contributed by atoms with van der Waals surface area (Å²) < 4.78 is 5.09. The fraction of sp³-hybridized carbons (Fsp3) is 0.400. The summed E-state index contributed by atoms with van der Waals surface area (Å²) in [5.74, 6) is 1.29. The Balaban J connectivity index is 2.66. The molecule has 0 saturated heterocycles. The summed E-state index contributed by atoms with van der Waals surface area (Å²) in [5, 5.41) is 9.32. The number of hydrogen-bond donors (Lipinski definition) is 3. The van der Waals surface area contributed by atoms with Crippen LogP contribution in [0, 0.1) is 0 Å². The number of methoxy groups -OCH3 is 1. The number of hydrogen-bond acceptors (Lipinski definition) is 5. The Labute approximate surface area is 93.6 Å². The van der Waals surface area contributed by atoms with E-state index in [1.54, 1.807) is 19.2 Å². The molecule has 15 heavy (non-hydrogen) atoms. The third-order valence-corrected chi connectivity index (χ3v) is 3.14. The van der Waals surface area contributed by atoms with Crippen LogP contribution in [0.4, 0.5) is 5.69 Å². The molecule has 0 spiro atoms. The summed E-state index contributed by atoms with van der Waals surface area (Å²) in [6.07, 6.45) is -0.499. The highest BCUT2D eigenvalue weighted by molar-refractivity contribution is 7.99. The zero-order chi connectivity index (χ0) is 11.3. The molecule has 4 nitrogen and oxygen atoms in total. The summed E-state index contributed by atoms with van der Waals surface area (Å²) in [4.78, 5) is 0.904. The van der Waals surface area contributed by atoms with E-state index in [1.807, 2.05) is 6.07 Å². The summed E-state index contributed by atoms with van der Waals surface area (Å²) in [5.41, 5.74) is 11.8. The molecule has 0 aromatic heterocycles. The predicted molar refractivity (Wildman–Crippen MR) is 63.2 cm³/mol. The number of aliphatic hydroxyl groups is 1. The van der Waals surface area contributed by atoms with Gasteiger partial charge in [-0.3, -0.25) is 0 Å². The third-order valence-electron chi connectivity index (χ3n) is 1.92. The van der Waals surface area contributed by atoms with E-state index in [-0.39, 0.29) is 6.54 Å². The third kappa shape index (κ3) is 3.62. The van der Waals surface area contributed by atoms with Gasteiger partial charge in [-0.1, -0.05) is 0 Å². The fourth-order valence-electron chi connectivity index (χ4n) is 1.02. The first-order valence-corrected chi connectivity index (χ1v) is 5.60. The number of aliphatic hydroxyl groups excluding tert-OH is 1. The van der Waals surface area contributed by atoms with Crippen LogP contribution in [0.15, 0.2) is 23.1 Å². The maximum atomic E-state index is 9.32. The molecule has 1 aromatic rings. The van der Waals surface area contributed by atoms with Crippen molar-refractivity contribution in [1.82, 2.24) is 0 Å². The van der Waals surface area contributed by atoms with Crippen LogP contribution in [0.2, 0.25) is 0 Å². The van der Waals surface area contributed by atoms with Gasteiger partial charge in [-0.2, -0.15) is 0 Å². The quantitative estimate of drug-likeness (QED) is 0.510. The molecular formula is C10H16N2O2S. The van der Waals surface area contributed by atoms with Crippen molar-refractivity contribution in [2.45, 2.75) is 11.0 Å². The van der Waals surface area contributed by atoms with Crippen LogP contribution in [0.25, 0.3) is 0 Å². The smallest absolute Gasteiger partial charge is 0.120 e. The van der Waals surface area contributed by atoms with Crippen LogP contribution in [0.5, 0.6) is 5.75 Å². The maximum Gasteiger partial charge on any atom is 0.120 e. The van der Waals surface area contributed by atoms with E-state index in [2.05, 4.69) is 0 Å². The largest absolute Gasteiger partial charge is 0.497 e. The van der Waals surface area contributed by atoms with Gasteiger partial charge in [-0.15, -0.1) is 11.8 Å². The number of rotatable bonds is 5. The monoisotopic (exact) mass is 228 g/mol. The molecule has 84 valence electrons. The van der Waals surface area contributed by atoms with Gasteiger partial charge in [0.25, 0.3) is 0 Å². The molecule has 0 saturated carbocycles. The molecule has 0 fully saturated rings. The minimum absolute atomic E-state index is 0.261. The second-order valence-electron chi connectivity index (χ2n) is 3.10. The van der Waals surface area contributed by atoms with Crippen molar-refractivity contribution in [2.24, 2.45) is 5.73 Å². The molecule has 1 rings (SSSR count). The lowest BCUT2D eigenvalue weighted by atomic mass is 10.3. The van der Waals surface area contributed by atoms with Crippen LogP contribution < -0.4 is 16.2 Å². The highest BCUT2D eigenvalue weighted by Crippen LogP contribution is 2.29. The highest BCUT2D eigenvalue weighted by Gasteiger charge is 2.06. The number of ether oxygens (including phenoxy) is 1. The Kier molecular flexibility index (Phi) is 4.74. The van der Waals surface area contributed by atoms with Crippen LogP contribution in [0.1, 0.15) is 0 Å². The van der Waals surface area contributed by atoms with Crippen LogP contribution in [-0.4, -0.2) is 30.6 Å². The first kappa shape index (κ1) is 12.2. The van der Waals surface area contributed by atoms with Gasteiger partial charge >= 0.3 is 0 Å². The van der Waals surface area contributed by atoms with Crippen molar-refractivity contribution < 1.29 is 9.84 Å². The molecule has 0 amide bonds. The highest BCUT2D eigenvalue weighted by atomic mass is 32.2. The van der Waals surface area contributed by atoms with E-state index in [1.165, 1.54) is 11.8 Å². The average molecular weight is 228 g/mol. The van der Waals surface area contributed by atoms with Gasteiger partial charge in [0.15, 0.2) is 0 Å². The molecule has 0 aliphatic heterocycles. The van der Waals surface area contributed by atoms with Gasteiger partial charge in [0.05, 0.1) is 13.2 Å². The van der Waals surface area contributed by atoms with E-state index in [9.17, 15) is 5.11 Å². The molecule has 0 aliphatic rings. The van der Waals surface area contributed by atoms with Gasteiger partial charge in [-0.05, 0) is 18.2 Å². The first-order valence-electron chi connectivity index (χ1n) is 4.61. The maximum absolute atomic E-state index is 9.32. The minimum Gasteiger partial charge on any atom is -0.497 e. The normalized spacial score (nSPS) is 12.5. The van der Waals surface area contributed by atoms with E-state index in [4.69, 9.17) is 16.2 Å².